The maximum absolute atomic E-state index is 14.2. The van der Waals surface area contributed by atoms with Crippen LogP contribution in [0.3, 0.4) is 0 Å². The Morgan fingerprint density at radius 2 is 1.84 bits per heavy atom. The van der Waals surface area contributed by atoms with Crippen LogP contribution < -0.4 is 0 Å². The van der Waals surface area contributed by atoms with Crippen LogP contribution in [0.4, 0.5) is 4.39 Å². The number of rotatable bonds is 3. The molecule has 0 unspecified atom stereocenters. The summed E-state index contributed by atoms with van der Waals surface area (Å²) in [6.07, 6.45) is 0. The summed E-state index contributed by atoms with van der Waals surface area (Å²) >= 11 is 0. The van der Waals surface area contributed by atoms with Crippen molar-refractivity contribution in [3.8, 4) is 28.6 Å². The Labute approximate surface area is 143 Å². The number of nitriles is 1. The standard InChI is InChI=1S/C20H13FN2O2/c1-12-9-15(10-16(21)18(12)20(24)25)19-14(11-22)7-8-17(23-19)13-5-3-2-4-6-13/h2-10H,1H3,(H,24,25). The molecule has 0 bridgehead atoms. The number of pyridine rings is 1. The third-order valence-electron chi connectivity index (χ3n) is 3.86. The van der Waals surface area contributed by atoms with E-state index in [4.69, 9.17) is 5.11 Å². The highest BCUT2D eigenvalue weighted by molar-refractivity contribution is 5.90. The van der Waals surface area contributed by atoms with Crippen LogP contribution in [0, 0.1) is 24.1 Å². The SMILES string of the molecule is Cc1cc(-c2nc(-c3ccccc3)ccc2C#N)cc(F)c1C(=O)O. The molecular weight excluding hydrogens is 319 g/mol. The van der Waals surface area contributed by atoms with Gasteiger partial charge < -0.3 is 5.11 Å². The van der Waals surface area contributed by atoms with Gasteiger partial charge in [-0.2, -0.15) is 5.26 Å². The number of carboxylic acid groups (broad SMARTS) is 1. The first kappa shape index (κ1) is 16.3. The van der Waals surface area contributed by atoms with Gasteiger partial charge in [-0.3, -0.25) is 0 Å². The van der Waals surface area contributed by atoms with Crippen molar-refractivity contribution >= 4 is 5.97 Å². The van der Waals surface area contributed by atoms with Crippen LogP contribution in [-0.4, -0.2) is 16.1 Å². The normalized spacial score (nSPS) is 10.3. The molecule has 122 valence electrons. The minimum atomic E-state index is -1.33. The van der Waals surface area contributed by atoms with Crippen molar-refractivity contribution in [2.45, 2.75) is 6.92 Å². The van der Waals surface area contributed by atoms with Crippen LogP contribution >= 0.6 is 0 Å². The zero-order valence-corrected chi connectivity index (χ0v) is 13.3. The largest absolute Gasteiger partial charge is 0.478 e. The lowest BCUT2D eigenvalue weighted by Gasteiger charge is -2.10. The summed E-state index contributed by atoms with van der Waals surface area (Å²) in [7, 11) is 0. The van der Waals surface area contributed by atoms with E-state index in [0.717, 1.165) is 11.6 Å². The summed E-state index contributed by atoms with van der Waals surface area (Å²) in [6, 6.07) is 17.5. The molecule has 1 heterocycles. The van der Waals surface area contributed by atoms with Gasteiger partial charge in [-0.1, -0.05) is 30.3 Å². The molecule has 4 nitrogen and oxygen atoms in total. The predicted octanol–water partition coefficient (Wildman–Crippen LogP) is 4.43. The molecule has 0 aliphatic rings. The molecular formula is C20H13FN2O2. The van der Waals surface area contributed by atoms with E-state index in [2.05, 4.69) is 4.98 Å². The quantitative estimate of drug-likeness (QED) is 0.770. The Morgan fingerprint density at radius 3 is 2.44 bits per heavy atom. The molecule has 0 radical (unpaired) electrons. The van der Waals surface area contributed by atoms with E-state index >= 15 is 0 Å². The molecule has 1 N–H and O–H groups in total. The van der Waals surface area contributed by atoms with Crippen molar-refractivity contribution in [3.63, 3.8) is 0 Å². The number of aromatic nitrogens is 1. The van der Waals surface area contributed by atoms with Gasteiger partial charge in [0.25, 0.3) is 0 Å². The van der Waals surface area contributed by atoms with Gasteiger partial charge in [-0.25, -0.2) is 14.2 Å². The molecule has 0 saturated heterocycles. The summed E-state index contributed by atoms with van der Waals surface area (Å²) < 4.78 is 14.2. The Balaban J connectivity index is 2.20. The van der Waals surface area contributed by atoms with Gasteiger partial charge in [0.1, 0.15) is 11.9 Å². The fourth-order valence-corrected chi connectivity index (χ4v) is 2.69. The monoisotopic (exact) mass is 332 g/mol. The highest BCUT2D eigenvalue weighted by atomic mass is 19.1. The Kier molecular flexibility index (Phi) is 4.27. The van der Waals surface area contributed by atoms with Gasteiger partial charge in [0, 0.05) is 11.1 Å². The number of carbonyl (C=O) groups is 1. The van der Waals surface area contributed by atoms with E-state index in [1.54, 1.807) is 12.1 Å². The number of aryl methyl sites for hydroxylation is 1. The highest BCUT2D eigenvalue weighted by Gasteiger charge is 2.18. The maximum atomic E-state index is 14.2. The minimum absolute atomic E-state index is 0.276. The van der Waals surface area contributed by atoms with Crippen molar-refractivity contribution in [2.24, 2.45) is 0 Å². The topological polar surface area (TPSA) is 74.0 Å². The number of hydrogen-bond donors (Lipinski definition) is 1. The smallest absolute Gasteiger partial charge is 0.338 e. The molecule has 1 aromatic heterocycles. The van der Waals surface area contributed by atoms with Crippen LogP contribution in [0.25, 0.3) is 22.5 Å². The van der Waals surface area contributed by atoms with Crippen LogP contribution in [0.2, 0.25) is 0 Å². The lowest BCUT2D eigenvalue weighted by Crippen LogP contribution is -2.04. The summed E-state index contributed by atoms with van der Waals surface area (Å²) in [5.41, 5.74) is 2.40. The number of aromatic carboxylic acids is 1. The zero-order valence-electron chi connectivity index (χ0n) is 13.3. The number of halogens is 1. The first-order valence-corrected chi connectivity index (χ1v) is 7.51. The van der Waals surface area contributed by atoms with Crippen molar-refractivity contribution < 1.29 is 14.3 Å². The molecule has 25 heavy (non-hydrogen) atoms. The average Bonchev–Trinajstić information content (AvgIpc) is 2.61. The van der Waals surface area contributed by atoms with E-state index in [-0.39, 0.29) is 11.1 Å². The molecule has 0 amide bonds. The highest BCUT2D eigenvalue weighted by Crippen LogP contribution is 2.28. The number of hydrogen-bond acceptors (Lipinski definition) is 3. The van der Waals surface area contributed by atoms with Crippen molar-refractivity contribution in [2.75, 3.05) is 0 Å². The van der Waals surface area contributed by atoms with E-state index < -0.39 is 11.8 Å². The lowest BCUT2D eigenvalue weighted by atomic mass is 9.99. The Bertz CT molecular complexity index is 985. The van der Waals surface area contributed by atoms with Gasteiger partial charge >= 0.3 is 5.97 Å². The molecule has 0 fully saturated rings. The molecule has 0 atom stereocenters. The van der Waals surface area contributed by atoms with Crippen LogP contribution in [0.15, 0.2) is 54.6 Å². The van der Waals surface area contributed by atoms with Crippen molar-refractivity contribution in [1.29, 1.82) is 5.26 Å². The summed E-state index contributed by atoms with van der Waals surface area (Å²) in [4.78, 5) is 15.6. The average molecular weight is 332 g/mol. The van der Waals surface area contributed by atoms with Crippen LogP contribution in [0.1, 0.15) is 21.5 Å². The number of carboxylic acids is 1. The van der Waals surface area contributed by atoms with Gasteiger partial charge in [0.2, 0.25) is 0 Å². The van der Waals surface area contributed by atoms with Crippen LogP contribution in [-0.2, 0) is 0 Å². The Hall–Kier alpha value is -3.52. The first-order valence-electron chi connectivity index (χ1n) is 7.51. The molecule has 3 aromatic rings. The third kappa shape index (κ3) is 3.10. The van der Waals surface area contributed by atoms with E-state index in [1.165, 1.54) is 13.0 Å². The summed E-state index contributed by atoms with van der Waals surface area (Å²) in [5.74, 6) is -2.17. The second-order valence-corrected chi connectivity index (χ2v) is 5.53. The summed E-state index contributed by atoms with van der Waals surface area (Å²) in [5, 5.41) is 18.4. The van der Waals surface area contributed by atoms with Crippen molar-refractivity contribution in [3.05, 3.63) is 77.1 Å². The minimum Gasteiger partial charge on any atom is -0.478 e. The zero-order chi connectivity index (χ0) is 18.0. The first-order chi connectivity index (χ1) is 12.0. The summed E-state index contributed by atoms with van der Waals surface area (Å²) in [6.45, 7) is 1.52. The molecule has 0 aliphatic heterocycles. The van der Waals surface area contributed by atoms with Gasteiger partial charge in [0.05, 0.1) is 22.5 Å². The third-order valence-corrected chi connectivity index (χ3v) is 3.86. The molecule has 0 spiro atoms. The molecule has 5 heteroatoms. The number of benzene rings is 2. The van der Waals surface area contributed by atoms with E-state index in [0.29, 0.717) is 22.5 Å². The molecule has 0 aliphatic carbocycles. The van der Waals surface area contributed by atoms with E-state index in [1.807, 2.05) is 36.4 Å². The molecule has 0 saturated carbocycles. The molecule has 2 aromatic carbocycles. The predicted molar refractivity (Wildman–Crippen MR) is 91.5 cm³/mol. The maximum Gasteiger partial charge on any atom is 0.338 e. The van der Waals surface area contributed by atoms with Crippen LogP contribution in [0.5, 0.6) is 0 Å². The van der Waals surface area contributed by atoms with Gasteiger partial charge in [0.15, 0.2) is 0 Å². The lowest BCUT2D eigenvalue weighted by molar-refractivity contribution is 0.0691. The fraction of sp³-hybridized carbons (Fsp3) is 0.0500. The Morgan fingerprint density at radius 1 is 1.12 bits per heavy atom. The van der Waals surface area contributed by atoms with E-state index in [9.17, 15) is 14.4 Å². The molecule has 3 rings (SSSR count). The van der Waals surface area contributed by atoms with Crippen molar-refractivity contribution in [1.82, 2.24) is 4.98 Å². The second kappa shape index (κ2) is 6.54. The second-order valence-electron chi connectivity index (χ2n) is 5.53. The van der Waals surface area contributed by atoms with Gasteiger partial charge in [-0.15, -0.1) is 0 Å². The fourth-order valence-electron chi connectivity index (χ4n) is 2.69. The van der Waals surface area contributed by atoms with Gasteiger partial charge in [-0.05, 0) is 36.8 Å². The number of nitrogens with zero attached hydrogens (tertiary/aromatic N) is 2.